The summed E-state index contributed by atoms with van der Waals surface area (Å²) in [4.78, 5) is 0. The minimum absolute atomic E-state index is 0.204. The Morgan fingerprint density at radius 1 is 1.17 bits per heavy atom. The molecule has 0 spiro atoms. The van der Waals surface area contributed by atoms with Gasteiger partial charge in [0.15, 0.2) is 5.88 Å². The first-order valence-corrected chi connectivity index (χ1v) is 3.66. The van der Waals surface area contributed by atoms with E-state index in [1.54, 1.807) is 35.9 Å². The van der Waals surface area contributed by atoms with Crippen molar-refractivity contribution < 1.29 is 10.2 Å². The maximum atomic E-state index is 9.32. The van der Waals surface area contributed by atoms with E-state index in [-0.39, 0.29) is 11.6 Å². The average molecular weight is 163 g/mol. The minimum atomic E-state index is 0.204. The molecule has 3 heteroatoms. The van der Waals surface area contributed by atoms with Crippen LogP contribution in [0.5, 0.6) is 11.6 Å². The van der Waals surface area contributed by atoms with E-state index < -0.39 is 0 Å². The molecule has 0 saturated carbocycles. The molecule has 0 bridgehead atoms. The molecule has 0 aliphatic heterocycles. The predicted octanol–water partition coefficient (Wildman–Crippen LogP) is 1.59. The molecule has 0 amide bonds. The lowest BCUT2D eigenvalue weighted by atomic mass is 10.2. The molecule has 62 valence electrons. The number of phenols is 1. The summed E-state index contributed by atoms with van der Waals surface area (Å²) in [7, 11) is 1.77. The van der Waals surface area contributed by atoms with E-state index in [2.05, 4.69) is 0 Å². The zero-order chi connectivity index (χ0) is 8.72. The SMILES string of the molecule is Cn1c(O)cc2cc(O)ccc21. The molecule has 1 heterocycles. The second-order valence-corrected chi connectivity index (χ2v) is 2.80. The number of hydrogen-bond donors (Lipinski definition) is 2. The van der Waals surface area contributed by atoms with Gasteiger partial charge in [-0.2, -0.15) is 0 Å². The first kappa shape index (κ1) is 7.03. The second-order valence-electron chi connectivity index (χ2n) is 2.80. The highest BCUT2D eigenvalue weighted by molar-refractivity contribution is 5.83. The van der Waals surface area contributed by atoms with Gasteiger partial charge >= 0.3 is 0 Å². The third-order valence-electron chi connectivity index (χ3n) is 2.00. The zero-order valence-corrected chi connectivity index (χ0v) is 6.65. The summed E-state index contributed by atoms with van der Waals surface area (Å²) in [6, 6.07) is 6.61. The summed E-state index contributed by atoms with van der Waals surface area (Å²) in [6.45, 7) is 0. The number of aromatic nitrogens is 1. The third-order valence-corrected chi connectivity index (χ3v) is 2.00. The largest absolute Gasteiger partial charge is 0.508 e. The summed E-state index contributed by atoms with van der Waals surface area (Å²) in [6.07, 6.45) is 0. The quantitative estimate of drug-likeness (QED) is 0.619. The average Bonchev–Trinajstić information content (AvgIpc) is 2.28. The van der Waals surface area contributed by atoms with Crippen molar-refractivity contribution in [3.8, 4) is 11.6 Å². The fourth-order valence-corrected chi connectivity index (χ4v) is 1.32. The number of aromatic hydroxyl groups is 2. The molecule has 1 aromatic heterocycles. The fourth-order valence-electron chi connectivity index (χ4n) is 1.32. The zero-order valence-electron chi connectivity index (χ0n) is 6.65. The van der Waals surface area contributed by atoms with Crippen molar-refractivity contribution in [1.82, 2.24) is 4.57 Å². The summed E-state index contributed by atoms with van der Waals surface area (Å²) in [5, 5.41) is 19.3. The van der Waals surface area contributed by atoms with Crippen LogP contribution < -0.4 is 0 Å². The van der Waals surface area contributed by atoms with Crippen LogP contribution in [0.3, 0.4) is 0 Å². The van der Waals surface area contributed by atoms with Gasteiger partial charge in [-0.3, -0.25) is 0 Å². The second kappa shape index (κ2) is 2.17. The van der Waals surface area contributed by atoms with Crippen LogP contribution in [-0.2, 0) is 7.05 Å². The third kappa shape index (κ3) is 0.830. The fraction of sp³-hybridized carbons (Fsp3) is 0.111. The van der Waals surface area contributed by atoms with Crippen LogP contribution in [0.4, 0.5) is 0 Å². The van der Waals surface area contributed by atoms with Crippen LogP contribution in [0.2, 0.25) is 0 Å². The topological polar surface area (TPSA) is 45.4 Å². The number of nitrogens with zero attached hydrogens (tertiary/aromatic N) is 1. The van der Waals surface area contributed by atoms with Crippen molar-refractivity contribution in [3.63, 3.8) is 0 Å². The molecule has 0 saturated heterocycles. The highest BCUT2D eigenvalue weighted by Crippen LogP contribution is 2.25. The van der Waals surface area contributed by atoms with Crippen LogP contribution in [0.15, 0.2) is 24.3 Å². The monoisotopic (exact) mass is 163 g/mol. The normalized spacial score (nSPS) is 10.8. The molecule has 0 fully saturated rings. The number of aryl methyl sites for hydroxylation is 1. The van der Waals surface area contributed by atoms with Gasteiger partial charge in [0.25, 0.3) is 0 Å². The van der Waals surface area contributed by atoms with Crippen LogP contribution in [0.25, 0.3) is 10.9 Å². The Labute approximate surface area is 69.5 Å². The van der Waals surface area contributed by atoms with Crippen LogP contribution in [0, 0.1) is 0 Å². The number of hydrogen-bond acceptors (Lipinski definition) is 2. The predicted molar refractivity (Wildman–Crippen MR) is 46.2 cm³/mol. The van der Waals surface area contributed by atoms with Crippen molar-refractivity contribution >= 4 is 10.9 Å². The molecule has 1 aromatic carbocycles. The van der Waals surface area contributed by atoms with Gasteiger partial charge in [-0.25, -0.2) is 0 Å². The maximum absolute atomic E-state index is 9.32. The molecular weight excluding hydrogens is 154 g/mol. The summed E-state index contributed by atoms with van der Waals surface area (Å²) < 4.78 is 1.66. The van der Waals surface area contributed by atoms with E-state index in [0.717, 1.165) is 10.9 Å². The van der Waals surface area contributed by atoms with E-state index in [1.807, 2.05) is 0 Å². The Balaban J connectivity index is 2.87. The molecule has 2 N–H and O–H groups in total. The Morgan fingerprint density at radius 3 is 2.67 bits per heavy atom. The number of fused-ring (bicyclic) bond motifs is 1. The van der Waals surface area contributed by atoms with Crippen molar-refractivity contribution in [3.05, 3.63) is 24.3 Å². The van der Waals surface area contributed by atoms with Gasteiger partial charge < -0.3 is 14.8 Å². The lowest BCUT2D eigenvalue weighted by Gasteiger charge is -1.96. The number of phenolic OH excluding ortho intramolecular Hbond substituents is 1. The number of benzene rings is 1. The molecule has 0 aliphatic carbocycles. The maximum Gasteiger partial charge on any atom is 0.191 e. The Kier molecular flexibility index (Phi) is 1.27. The highest BCUT2D eigenvalue weighted by atomic mass is 16.3. The molecule has 12 heavy (non-hydrogen) atoms. The van der Waals surface area contributed by atoms with E-state index in [1.165, 1.54) is 0 Å². The Bertz CT molecular complexity index is 431. The molecule has 3 nitrogen and oxygen atoms in total. The Hall–Kier alpha value is -1.64. The smallest absolute Gasteiger partial charge is 0.191 e. The summed E-state index contributed by atoms with van der Waals surface area (Å²) in [5.41, 5.74) is 0.908. The minimum Gasteiger partial charge on any atom is -0.508 e. The van der Waals surface area contributed by atoms with Crippen molar-refractivity contribution in [2.45, 2.75) is 0 Å². The highest BCUT2D eigenvalue weighted by Gasteiger charge is 2.03. The van der Waals surface area contributed by atoms with Crippen LogP contribution >= 0.6 is 0 Å². The van der Waals surface area contributed by atoms with E-state index >= 15 is 0 Å². The van der Waals surface area contributed by atoms with E-state index in [4.69, 9.17) is 5.11 Å². The molecule has 0 aliphatic rings. The van der Waals surface area contributed by atoms with Gasteiger partial charge in [0.05, 0.1) is 5.52 Å². The first-order chi connectivity index (χ1) is 5.68. The molecule has 2 aromatic rings. The van der Waals surface area contributed by atoms with Crippen molar-refractivity contribution in [2.75, 3.05) is 0 Å². The van der Waals surface area contributed by atoms with Gasteiger partial charge in [-0.1, -0.05) is 0 Å². The lowest BCUT2D eigenvalue weighted by Crippen LogP contribution is -1.84. The van der Waals surface area contributed by atoms with E-state index in [9.17, 15) is 5.11 Å². The molecule has 0 unspecified atom stereocenters. The molecule has 0 atom stereocenters. The first-order valence-electron chi connectivity index (χ1n) is 3.66. The van der Waals surface area contributed by atoms with Gasteiger partial charge in [0, 0.05) is 18.5 Å². The van der Waals surface area contributed by atoms with Crippen LogP contribution in [0.1, 0.15) is 0 Å². The molecule has 0 radical (unpaired) electrons. The van der Waals surface area contributed by atoms with E-state index in [0.29, 0.717) is 0 Å². The molecule has 2 rings (SSSR count). The van der Waals surface area contributed by atoms with Crippen molar-refractivity contribution in [2.24, 2.45) is 7.05 Å². The van der Waals surface area contributed by atoms with Gasteiger partial charge in [0.2, 0.25) is 0 Å². The number of rotatable bonds is 0. The molecular formula is C9H9NO2. The van der Waals surface area contributed by atoms with Gasteiger partial charge in [-0.15, -0.1) is 0 Å². The van der Waals surface area contributed by atoms with Crippen molar-refractivity contribution in [1.29, 1.82) is 0 Å². The summed E-state index contributed by atoms with van der Waals surface area (Å²) >= 11 is 0. The summed E-state index contributed by atoms with van der Waals surface area (Å²) in [5.74, 6) is 0.420. The van der Waals surface area contributed by atoms with Crippen LogP contribution in [-0.4, -0.2) is 14.8 Å². The lowest BCUT2D eigenvalue weighted by molar-refractivity contribution is 0.435. The Morgan fingerprint density at radius 2 is 1.92 bits per heavy atom. The standard InChI is InChI=1S/C9H9NO2/c1-10-8-3-2-7(11)4-6(8)5-9(10)12/h2-5,11-12H,1H3. The van der Waals surface area contributed by atoms with Gasteiger partial charge in [0.1, 0.15) is 5.75 Å². The van der Waals surface area contributed by atoms with Gasteiger partial charge in [-0.05, 0) is 18.2 Å².